The van der Waals surface area contributed by atoms with Crippen molar-refractivity contribution in [2.75, 3.05) is 0 Å². The Morgan fingerprint density at radius 1 is 1.17 bits per heavy atom. The van der Waals surface area contributed by atoms with Crippen LogP contribution in [0.3, 0.4) is 0 Å². The molecule has 1 aromatic carbocycles. The van der Waals surface area contributed by atoms with Crippen LogP contribution in [-0.4, -0.2) is 29.6 Å². The highest BCUT2D eigenvalue weighted by Crippen LogP contribution is 2.30. The van der Waals surface area contributed by atoms with Gasteiger partial charge in [0.2, 0.25) is 10.8 Å². The summed E-state index contributed by atoms with van der Waals surface area (Å²) in [4.78, 5) is 0.608. The first-order valence-electron chi connectivity index (χ1n) is 6.71. The number of halogens is 2. The highest BCUT2D eigenvalue weighted by Gasteiger charge is 2.18. The smallest absolute Gasteiger partial charge is 0.235 e. The van der Waals surface area contributed by atoms with E-state index in [1.807, 2.05) is 20.0 Å². The fourth-order valence-electron chi connectivity index (χ4n) is 2.37. The van der Waals surface area contributed by atoms with Crippen LogP contribution in [0.1, 0.15) is 5.69 Å². The van der Waals surface area contributed by atoms with Crippen molar-refractivity contribution in [3.05, 3.63) is 40.2 Å². The van der Waals surface area contributed by atoms with Crippen molar-refractivity contribution in [2.45, 2.75) is 6.92 Å². The third-order valence-electron chi connectivity index (χ3n) is 3.38. The van der Waals surface area contributed by atoms with E-state index in [0.717, 1.165) is 11.4 Å². The summed E-state index contributed by atoms with van der Waals surface area (Å²) in [7, 11) is 1.84. The van der Waals surface area contributed by atoms with E-state index < -0.39 is 0 Å². The van der Waals surface area contributed by atoms with Gasteiger partial charge in [0.25, 0.3) is 0 Å². The van der Waals surface area contributed by atoms with E-state index in [9.17, 15) is 4.39 Å². The van der Waals surface area contributed by atoms with Crippen LogP contribution >= 0.6 is 27.3 Å². The number of aromatic nitrogens is 6. The van der Waals surface area contributed by atoms with Crippen LogP contribution in [0.15, 0.2) is 28.7 Å². The fraction of sp³-hybridized carbons (Fsp3) is 0.143. The Balaban J connectivity index is 1.88. The predicted octanol–water partition coefficient (Wildman–Crippen LogP) is 3.46. The van der Waals surface area contributed by atoms with Crippen LogP contribution in [0.5, 0.6) is 0 Å². The lowest BCUT2D eigenvalue weighted by Gasteiger charge is -1.99. The molecule has 0 atom stereocenters. The zero-order chi connectivity index (χ0) is 16.1. The molecule has 0 unspecified atom stereocenters. The van der Waals surface area contributed by atoms with Gasteiger partial charge in [0.05, 0.1) is 5.69 Å². The van der Waals surface area contributed by atoms with E-state index in [4.69, 9.17) is 0 Å². The summed E-state index contributed by atoms with van der Waals surface area (Å²) in [5, 5.41) is 17.6. The maximum absolute atomic E-state index is 14.1. The average Bonchev–Trinajstić information content (AvgIpc) is 3.13. The van der Waals surface area contributed by atoms with Crippen LogP contribution in [0.2, 0.25) is 0 Å². The van der Waals surface area contributed by atoms with Crippen molar-refractivity contribution in [3.8, 4) is 22.1 Å². The molecule has 23 heavy (non-hydrogen) atoms. The third-order valence-corrected chi connectivity index (χ3v) is 4.81. The number of rotatable bonds is 2. The number of nitrogens with zero attached hydrogens (tertiary/aromatic N) is 6. The highest BCUT2D eigenvalue weighted by molar-refractivity contribution is 9.10. The van der Waals surface area contributed by atoms with E-state index in [0.29, 0.717) is 25.8 Å². The molecule has 4 rings (SSSR count). The molecule has 0 bridgehead atoms. The highest BCUT2D eigenvalue weighted by atomic mass is 79.9. The second-order valence-electron chi connectivity index (χ2n) is 5.04. The van der Waals surface area contributed by atoms with Gasteiger partial charge in [0.15, 0.2) is 5.01 Å². The normalized spacial score (nSPS) is 11.5. The van der Waals surface area contributed by atoms with Gasteiger partial charge in [-0.1, -0.05) is 27.3 Å². The Bertz CT molecular complexity index is 1030. The van der Waals surface area contributed by atoms with Crippen molar-refractivity contribution in [1.82, 2.24) is 29.6 Å². The third kappa shape index (κ3) is 2.36. The largest absolute Gasteiger partial charge is 0.264 e. The maximum atomic E-state index is 14.1. The molecule has 0 aliphatic carbocycles. The van der Waals surface area contributed by atoms with Crippen molar-refractivity contribution < 1.29 is 4.39 Å². The lowest BCUT2D eigenvalue weighted by Crippen LogP contribution is -1.98. The monoisotopic (exact) mass is 392 g/mol. The minimum absolute atomic E-state index is 0.331. The van der Waals surface area contributed by atoms with Gasteiger partial charge >= 0.3 is 0 Å². The first kappa shape index (κ1) is 14.5. The first-order chi connectivity index (χ1) is 11.0. The summed E-state index contributed by atoms with van der Waals surface area (Å²) < 4.78 is 18.2. The van der Waals surface area contributed by atoms with Gasteiger partial charge < -0.3 is 0 Å². The van der Waals surface area contributed by atoms with Crippen LogP contribution in [0, 0.1) is 12.7 Å². The maximum Gasteiger partial charge on any atom is 0.235 e. The lowest BCUT2D eigenvalue weighted by molar-refractivity contribution is 0.630. The van der Waals surface area contributed by atoms with Crippen molar-refractivity contribution in [3.63, 3.8) is 0 Å². The number of aryl methyl sites for hydroxylation is 2. The van der Waals surface area contributed by atoms with E-state index in [2.05, 4.69) is 36.3 Å². The van der Waals surface area contributed by atoms with Gasteiger partial charge in [-0.3, -0.25) is 4.68 Å². The molecule has 6 nitrogen and oxygen atoms in total. The molecule has 4 aromatic rings. The minimum atomic E-state index is -0.331. The molecule has 0 N–H and O–H groups in total. The van der Waals surface area contributed by atoms with Gasteiger partial charge in [0.1, 0.15) is 11.5 Å². The number of hydrogen-bond acceptors (Lipinski definition) is 5. The zero-order valence-electron chi connectivity index (χ0n) is 12.2. The molecule has 116 valence electrons. The lowest BCUT2D eigenvalue weighted by atomic mass is 10.2. The molecule has 0 amide bonds. The van der Waals surface area contributed by atoms with Gasteiger partial charge in [-0.05, 0) is 31.2 Å². The van der Waals surface area contributed by atoms with E-state index in [-0.39, 0.29) is 5.82 Å². The Kier molecular flexibility index (Phi) is 3.27. The molecule has 0 saturated carbocycles. The first-order valence-corrected chi connectivity index (χ1v) is 8.32. The Morgan fingerprint density at radius 2 is 2.00 bits per heavy atom. The summed E-state index contributed by atoms with van der Waals surface area (Å²) in [5.74, 6) is 0.255. The standard InChI is InChI=1S/C14H10BrFN6S/c1-7-5-11(21(2)19-7)12-17-18-14-22(12)20-13(23-14)9-4-3-8(15)6-10(9)16/h3-6H,1-2H3. The van der Waals surface area contributed by atoms with Crippen molar-refractivity contribution >= 4 is 32.2 Å². The zero-order valence-corrected chi connectivity index (χ0v) is 14.6. The van der Waals surface area contributed by atoms with E-state index in [1.54, 1.807) is 21.3 Å². The van der Waals surface area contributed by atoms with Crippen molar-refractivity contribution in [2.24, 2.45) is 7.05 Å². The summed E-state index contributed by atoms with van der Waals surface area (Å²) in [5.41, 5.74) is 2.13. The second-order valence-corrected chi connectivity index (χ2v) is 6.92. The van der Waals surface area contributed by atoms with Gasteiger partial charge in [-0.25, -0.2) is 4.39 Å². The molecule has 0 radical (unpaired) electrons. The molecule has 0 aliphatic rings. The SMILES string of the molecule is Cc1cc(-c2nnc3sc(-c4ccc(Br)cc4F)nn23)n(C)n1. The van der Waals surface area contributed by atoms with E-state index >= 15 is 0 Å². The Hall–Kier alpha value is -2.13. The molecule has 3 heterocycles. The summed E-state index contributed by atoms with van der Waals surface area (Å²) in [6, 6.07) is 6.81. The molecule has 0 saturated heterocycles. The Morgan fingerprint density at radius 3 is 2.70 bits per heavy atom. The van der Waals surface area contributed by atoms with Crippen LogP contribution < -0.4 is 0 Å². The predicted molar refractivity (Wildman–Crippen MR) is 88.7 cm³/mol. The van der Waals surface area contributed by atoms with Gasteiger partial charge in [-0.2, -0.15) is 14.7 Å². The molecule has 0 fully saturated rings. The molecular formula is C14H10BrFN6S. The topological polar surface area (TPSA) is 60.9 Å². The summed E-state index contributed by atoms with van der Waals surface area (Å²) in [6.45, 7) is 1.91. The Labute approximate surface area is 142 Å². The van der Waals surface area contributed by atoms with Gasteiger partial charge in [0, 0.05) is 17.1 Å². The number of fused-ring (bicyclic) bond motifs is 1. The average molecular weight is 393 g/mol. The van der Waals surface area contributed by atoms with Crippen LogP contribution in [-0.2, 0) is 7.05 Å². The molecule has 0 aliphatic heterocycles. The summed E-state index contributed by atoms with van der Waals surface area (Å²) >= 11 is 4.55. The van der Waals surface area contributed by atoms with Crippen LogP contribution in [0.4, 0.5) is 4.39 Å². The molecular weight excluding hydrogens is 383 g/mol. The van der Waals surface area contributed by atoms with E-state index in [1.165, 1.54) is 17.4 Å². The number of benzene rings is 1. The van der Waals surface area contributed by atoms with Gasteiger partial charge in [-0.15, -0.1) is 10.2 Å². The second kappa shape index (κ2) is 5.20. The quantitative estimate of drug-likeness (QED) is 0.523. The molecule has 3 aromatic heterocycles. The molecule has 0 spiro atoms. The molecule has 9 heteroatoms. The minimum Gasteiger partial charge on any atom is -0.264 e. The fourth-order valence-corrected chi connectivity index (χ4v) is 3.57. The summed E-state index contributed by atoms with van der Waals surface area (Å²) in [6.07, 6.45) is 0. The number of hydrogen-bond donors (Lipinski definition) is 0. The van der Waals surface area contributed by atoms with Crippen LogP contribution in [0.25, 0.3) is 27.1 Å². The van der Waals surface area contributed by atoms with Crippen molar-refractivity contribution in [1.29, 1.82) is 0 Å².